The van der Waals surface area contributed by atoms with Gasteiger partial charge in [-0.2, -0.15) is 0 Å². The predicted molar refractivity (Wildman–Crippen MR) is 133 cm³/mol. The maximum Gasteiger partial charge on any atom is 0.405 e. The molecule has 0 aromatic heterocycles. The Balaban J connectivity index is 3.11. The van der Waals surface area contributed by atoms with Crippen molar-refractivity contribution in [2.45, 2.75) is 96.4 Å². The molecule has 3 atom stereocenters. The first-order chi connectivity index (χ1) is 16.7. The van der Waals surface area contributed by atoms with Gasteiger partial charge >= 0.3 is 6.09 Å². The van der Waals surface area contributed by atoms with Gasteiger partial charge in [-0.3, -0.25) is 29.6 Å². The summed E-state index contributed by atoms with van der Waals surface area (Å²) in [6.45, 7) is 6.69. The molecule has 5 amide bonds. The number of alkyl halides is 1. The van der Waals surface area contributed by atoms with Gasteiger partial charge in [0.25, 0.3) is 11.8 Å². The van der Waals surface area contributed by atoms with E-state index >= 15 is 0 Å². The Morgan fingerprint density at radius 3 is 2.19 bits per heavy atom. The number of rotatable bonds is 12. The second-order valence-corrected chi connectivity index (χ2v) is 10.3. The molecule has 1 rings (SSSR count). The van der Waals surface area contributed by atoms with Crippen molar-refractivity contribution in [3.63, 3.8) is 0 Å². The Hall–Kier alpha value is -2.60. The third-order valence-corrected chi connectivity index (χ3v) is 5.97. The predicted octanol–water partition coefficient (Wildman–Crippen LogP) is 1.26. The van der Waals surface area contributed by atoms with Crippen LogP contribution in [0.3, 0.4) is 0 Å². The smallest absolute Gasteiger partial charge is 0.405 e. The fourth-order valence-corrected chi connectivity index (χ4v) is 4.30. The lowest BCUT2D eigenvalue weighted by Gasteiger charge is -2.32. The summed E-state index contributed by atoms with van der Waals surface area (Å²) >= 11 is 5.64. The molecule has 0 bridgehead atoms. The standard InChI is InChI=1S/C23H40ClN5O7/c1-14(36-23(2,3)4)19(27-22(34)35)21(33)26-16(12-15-8-6-5-7-9-15)20(32)28-29(18(31)13-24)11-10-17(25)30/h14-16,19,27H,5-13H2,1-4H3,(H2,25,30)(H,26,33)(H,28,32)(H,34,35)/t14-,16?,19+/m1/s1. The van der Waals surface area contributed by atoms with Gasteiger partial charge in [0.1, 0.15) is 18.0 Å². The third kappa shape index (κ3) is 11.9. The van der Waals surface area contributed by atoms with Gasteiger partial charge in [-0.1, -0.05) is 32.1 Å². The van der Waals surface area contributed by atoms with E-state index < -0.39 is 59.4 Å². The Morgan fingerprint density at radius 2 is 1.69 bits per heavy atom. The van der Waals surface area contributed by atoms with Crippen LogP contribution < -0.4 is 21.8 Å². The summed E-state index contributed by atoms with van der Waals surface area (Å²) in [7, 11) is 0. The highest BCUT2D eigenvalue weighted by Gasteiger charge is 2.35. The van der Waals surface area contributed by atoms with Gasteiger partial charge in [0.15, 0.2) is 0 Å². The summed E-state index contributed by atoms with van der Waals surface area (Å²) in [5.74, 6) is -3.02. The zero-order valence-corrected chi connectivity index (χ0v) is 22.2. The van der Waals surface area contributed by atoms with Crippen LogP contribution in [-0.2, 0) is 23.9 Å². The number of carbonyl (C=O) groups is 5. The molecule has 36 heavy (non-hydrogen) atoms. The van der Waals surface area contributed by atoms with Crippen LogP contribution in [0.15, 0.2) is 0 Å². The number of carbonyl (C=O) groups excluding carboxylic acids is 4. The van der Waals surface area contributed by atoms with Gasteiger partial charge in [0.2, 0.25) is 11.8 Å². The molecule has 0 aliphatic heterocycles. The minimum atomic E-state index is -1.42. The lowest BCUT2D eigenvalue weighted by molar-refractivity contribution is -0.142. The van der Waals surface area contributed by atoms with Crippen molar-refractivity contribution >= 4 is 41.3 Å². The Labute approximate surface area is 217 Å². The van der Waals surface area contributed by atoms with Crippen molar-refractivity contribution in [3.05, 3.63) is 0 Å². The first-order valence-electron chi connectivity index (χ1n) is 12.2. The van der Waals surface area contributed by atoms with E-state index in [1.54, 1.807) is 27.7 Å². The van der Waals surface area contributed by atoms with Crippen molar-refractivity contribution in [1.82, 2.24) is 21.1 Å². The number of hydrogen-bond acceptors (Lipinski definition) is 6. The van der Waals surface area contributed by atoms with Crippen LogP contribution >= 0.6 is 11.6 Å². The molecule has 12 nitrogen and oxygen atoms in total. The normalized spacial score (nSPS) is 16.8. The molecular formula is C23H40ClN5O7. The summed E-state index contributed by atoms with van der Waals surface area (Å²) < 4.78 is 5.78. The van der Waals surface area contributed by atoms with E-state index in [1.165, 1.54) is 0 Å². The zero-order valence-electron chi connectivity index (χ0n) is 21.5. The fraction of sp³-hybridized carbons (Fsp3) is 0.783. The van der Waals surface area contributed by atoms with Crippen molar-refractivity contribution in [2.75, 3.05) is 12.4 Å². The molecule has 13 heteroatoms. The number of halogens is 1. The molecule has 1 saturated carbocycles. The van der Waals surface area contributed by atoms with Crippen LogP contribution in [0.25, 0.3) is 0 Å². The average Bonchev–Trinajstić information content (AvgIpc) is 2.78. The van der Waals surface area contributed by atoms with Crippen molar-refractivity contribution in [1.29, 1.82) is 0 Å². The number of nitrogens with one attached hydrogen (secondary N) is 3. The van der Waals surface area contributed by atoms with E-state index in [1.807, 2.05) is 0 Å². The maximum atomic E-state index is 13.2. The van der Waals surface area contributed by atoms with E-state index in [0.29, 0.717) is 6.42 Å². The van der Waals surface area contributed by atoms with Gasteiger partial charge in [-0.05, 0) is 40.0 Å². The number of primary amides is 1. The highest BCUT2D eigenvalue weighted by atomic mass is 35.5. The average molecular weight is 534 g/mol. The highest BCUT2D eigenvalue weighted by Crippen LogP contribution is 2.27. The third-order valence-electron chi connectivity index (χ3n) is 5.74. The monoisotopic (exact) mass is 533 g/mol. The maximum absolute atomic E-state index is 13.2. The van der Waals surface area contributed by atoms with Gasteiger partial charge in [0.05, 0.1) is 18.2 Å². The lowest BCUT2D eigenvalue weighted by Crippen LogP contribution is -2.60. The number of carboxylic acid groups (broad SMARTS) is 1. The molecule has 1 unspecified atom stereocenters. The molecule has 0 spiro atoms. The molecule has 1 aliphatic carbocycles. The largest absolute Gasteiger partial charge is 0.465 e. The SMILES string of the molecule is C[C@@H](OC(C)(C)C)[C@H](NC(=O)O)C(=O)NC(CC1CCCCC1)C(=O)NN(CCC(N)=O)C(=O)CCl. The topological polar surface area (TPSA) is 180 Å². The molecule has 0 aromatic carbocycles. The van der Waals surface area contributed by atoms with E-state index in [2.05, 4.69) is 16.1 Å². The van der Waals surface area contributed by atoms with E-state index in [9.17, 15) is 29.1 Å². The molecule has 0 heterocycles. The second kappa shape index (κ2) is 14.8. The van der Waals surface area contributed by atoms with Crippen molar-refractivity contribution in [2.24, 2.45) is 11.7 Å². The molecule has 0 radical (unpaired) electrons. The number of hydrogen-bond donors (Lipinski definition) is 5. The molecule has 0 aromatic rings. The first kappa shape index (κ1) is 31.4. The van der Waals surface area contributed by atoms with Crippen LogP contribution in [0.1, 0.15) is 72.6 Å². The lowest BCUT2D eigenvalue weighted by atomic mass is 9.84. The number of nitrogens with two attached hydrogens (primary N) is 1. The van der Waals surface area contributed by atoms with Gasteiger partial charge in [-0.15, -0.1) is 11.6 Å². The quantitative estimate of drug-likeness (QED) is 0.185. The van der Waals surface area contributed by atoms with Crippen LogP contribution in [0.2, 0.25) is 0 Å². The Morgan fingerprint density at radius 1 is 1.08 bits per heavy atom. The molecular weight excluding hydrogens is 494 g/mol. The van der Waals surface area contributed by atoms with E-state index in [4.69, 9.17) is 22.1 Å². The fourth-order valence-electron chi connectivity index (χ4n) is 4.15. The number of ether oxygens (including phenoxy) is 1. The molecule has 1 fully saturated rings. The molecule has 6 N–H and O–H groups in total. The van der Waals surface area contributed by atoms with Gasteiger partial charge in [-0.25, -0.2) is 4.79 Å². The van der Waals surface area contributed by atoms with Crippen LogP contribution in [-0.4, -0.2) is 76.1 Å². The summed E-state index contributed by atoms with van der Waals surface area (Å²) in [6.07, 6.45) is 2.70. The second-order valence-electron chi connectivity index (χ2n) is 10.0. The number of amides is 5. The minimum absolute atomic E-state index is 0.159. The Bertz CT molecular complexity index is 783. The van der Waals surface area contributed by atoms with Gasteiger partial charge in [0, 0.05) is 6.42 Å². The van der Waals surface area contributed by atoms with Crippen molar-refractivity contribution < 1.29 is 33.8 Å². The summed E-state index contributed by atoms with van der Waals surface area (Å²) in [4.78, 5) is 61.2. The molecule has 206 valence electrons. The van der Waals surface area contributed by atoms with E-state index in [0.717, 1.165) is 37.1 Å². The Kier molecular flexibility index (Phi) is 13.0. The number of nitrogens with zero attached hydrogens (tertiary/aromatic N) is 1. The van der Waals surface area contributed by atoms with E-state index in [-0.39, 0.29) is 18.9 Å². The van der Waals surface area contributed by atoms with Crippen molar-refractivity contribution in [3.8, 4) is 0 Å². The van der Waals surface area contributed by atoms with Crippen LogP contribution in [0.4, 0.5) is 4.79 Å². The van der Waals surface area contributed by atoms with Gasteiger partial charge < -0.3 is 26.2 Å². The molecule has 0 saturated heterocycles. The molecule has 1 aliphatic rings. The van der Waals surface area contributed by atoms with Crippen LogP contribution in [0, 0.1) is 5.92 Å². The van der Waals surface area contributed by atoms with Crippen LogP contribution in [0.5, 0.6) is 0 Å². The highest BCUT2D eigenvalue weighted by molar-refractivity contribution is 6.27. The number of hydrazine groups is 1. The minimum Gasteiger partial charge on any atom is -0.465 e. The zero-order chi connectivity index (χ0) is 27.5. The summed E-state index contributed by atoms with van der Waals surface area (Å²) in [5, 5.41) is 15.0. The summed E-state index contributed by atoms with van der Waals surface area (Å²) in [6, 6.07) is -2.36. The first-order valence-corrected chi connectivity index (χ1v) is 12.7. The summed E-state index contributed by atoms with van der Waals surface area (Å²) in [5.41, 5.74) is 6.94.